The smallest absolute Gasteiger partial charge is 0.0713 e. The van der Waals surface area contributed by atoms with Crippen molar-refractivity contribution in [1.82, 2.24) is 4.90 Å². The predicted octanol–water partition coefficient (Wildman–Crippen LogP) is 2.79. The topological polar surface area (TPSA) is 38.5 Å². The van der Waals surface area contributed by atoms with Gasteiger partial charge in [0.1, 0.15) is 0 Å². The van der Waals surface area contributed by atoms with E-state index >= 15 is 0 Å². The Balaban J connectivity index is 1.98. The molecule has 0 atom stereocenters. The largest absolute Gasteiger partial charge is 0.380 e. The number of nitrogens with zero attached hydrogens (tertiary/aromatic N) is 1. The maximum Gasteiger partial charge on any atom is 0.0713 e. The van der Waals surface area contributed by atoms with Gasteiger partial charge in [0.25, 0.3) is 0 Å². The van der Waals surface area contributed by atoms with Crippen molar-refractivity contribution in [3.05, 3.63) is 71.3 Å². The summed E-state index contributed by atoms with van der Waals surface area (Å²) in [6, 6.07) is 19.1. The molecule has 0 bridgehead atoms. The summed E-state index contributed by atoms with van der Waals surface area (Å²) < 4.78 is 5.14. The van der Waals surface area contributed by atoms with Crippen molar-refractivity contribution in [2.45, 2.75) is 19.7 Å². The molecule has 0 fully saturated rings. The highest BCUT2D eigenvalue weighted by molar-refractivity contribution is 5.22. The third kappa shape index (κ3) is 5.31. The fraction of sp³-hybridized carbons (Fsp3) is 0.333. The van der Waals surface area contributed by atoms with Crippen LogP contribution in [0.25, 0.3) is 0 Å². The highest BCUT2D eigenvalue weighted by atomic mass is 16.5. The number of hydrogen-bond acceptors (Lipinski definition) is 3. The number of benzene rings is 2. The number of methoxy groups -OCH3 is 1. The van der Waals surface area contributed by atoms with E-state index < -0.39 is 0 Å². The van der Waals surface area contributed by atoms with Gasteiger partial charge in [0.15, 0.2) is 0 Å². The van der Waals surface area contributed by atoms with Gasteiger partial charge in [-0.2, -0.15) is 0 Å². The minimum Gasteiger partial charge on any atom is -0.380 e. The lowest BCUT2D eigenvalue weighted by Crippen LogP contribution is -2.28. The van der Waals surface area contributed by atoms with E-state index in [1.165, 1.54) is 16.7 Å². The molecule has 0 heterocycles. The van der Waals surface area contributed by atoms with Crippen LogP contribution in [0.4, 0.5) is 0 Å². The molecule has 2 aromatic carbocycles. The van der Waals surface area contributed by atoms with Gasteiger partial charge in [0.2, 0.25) is 0 Å². The molecule has 0 radical (unpaired) electrons. The molecule has 2 N–H and O–H groups in total. The fourth-order valence-electron chi connectivity index (χ4n) is 2.40. The summed E-state index contributed by atoms with van der Waals surface area (Å²) in [6.45, 7) is 4.08. The summed E-state index contributed by atoms with van der Waals surface area (Å²) in [5.41, 5.74) is 9.57. The molecular formula is C18H24N2O. The van der Waals surface area contributed by atoms with Gasteiger partial charge in [0, 0.05) is 33.3 Å². The van der Waals surface area contributed by atoms with Crippen molar-refractivity contribution in [3.63, 3.8) is 0 Å². The predicted molar refractivity (Wildman–Crippen MR) is 86.8 cm³/mol. The molecule has 3 heteroatoms. The van der Waals surface area contributed by atoms with Gasteiger partial charge in [-0.3, -0.25) is 4.90 Å². The van der Waals surface area contributed by atoms with Crippen LogP contribution in [0.5, 0.6) is 0 Å². The van der Waals surface area contributed by atoms with Crippen LogP contribution in [0.1, 0.15) is 16.7 Å². The zero-order valence-electron chi connectivity index (χ0n) is 12.7. The first-order valence-corrected chi connectivity index (χ1v) is 7.35. The molecule has 2 rings (SSSR count). The molecule has 3 nitrogen and oxygen atoms in total. The quantitative estimate of drug-likeness (QED) is 0.810. The van der Waals surface area contributed by atoms with Crippen LogP contribution in [0, 0.1) is 0 Å². The van der Waals surface area contributed by atoms with Gasteiger partial charge in [-0.05, 0) is 16.7 Å². The zero-order chi connectivity index (χ0) is 14.9. The number of nitrogens with two attached hydrogens (primary N) is 1. The van der Waals surface area contributed by atoms with Gasteiger partial charge in [-0.15, -0.1) is 0 Å². The first kappa shape index (κ1) is 15.7. The Morgan fingerprint density at radius 1 is 0.857 bits per heavy atom. The number of ether oxygens (including phenoxy) is 1. The second kappa shape index (κ2) is 8.57. The number of hydrogen-bond donors (Lipinski definition) is 1. The van der Waals surface area contributed by atoms with Crippen LogP contribution in [-0.2, 0) is 24.4 Å². The summed E-state index contributed by atoms with van der Waals surface area (Å²) in [5, 5.41) is 0. The fourth-order valence-corrected chi connectivity index (χ4v) is 2.40. The minimum absolute atomic E-state index is 0.664. The standard InChI is InChI=1S/C18H24N2O/c1-21-15-18-9-7-17(8-10-18)14-20(12-11-19)13-16-5-3-2-4-6-16/h2-10H,11-15,19H2,1H3. The highest BCUT2D eigenvalue weighted by Crippen LogP contribution is 2.11. The van der Waals surface area contributed by atoms with Crippen molar-refractivity contribution in [2.24, 2.45) is 5.73 Å². The van der Waals surface area contributed by atoms with Gasteiger partial charge >= 0.3 is 0 Å². The number of rotatable bonds is 8. The van der Waals surface area contributed by atoms with E-state index in [0.717, 1.165) is 19.6 Å². The lowest BCUT2D eigenvalue weighted by molar-refractivity contribution is 0.185. The molecule has 0 unspecified atom stereocenters. The van der Waals surface area contributed by atoms with E-state index in [-0.39, 0.29) is 0 Å². The highest BCUT2D eigenvalue weighted by Gasteiger charge is 2.06. The van der Waals surface area contributed by atoms with E-state index in [1.807, 2.05) is 6.07 Å². The second-order valence-corrected chi connectivity index (χ2v) is 5.23. The minimum atomic E-state index is 0.664. The maximum absolute atomic E-state index is 5.74. The molecule has 0 aliphatic heterocycles. The molecule has 0 amide bonds. The molecule has 21 heavy (non-hydrogen) atoms. The van der Waals surface area contributed by atoms with Crippen molar-refractivity contribution in [2.75, 3.05) is 20.2 Å². The maximum atomic E-state index is 5.74. The van der Waals surface area contributed by atoms with Crippen LogP contribution in [-0.4, -0.2) is 25.1 Å². The van der Waals surface area contributed by atoms with Crippen LogP contribution in [0.3, 0.4) is 0 Å². The average molecular weight is 284 g/mol. The molecule has 0 aromatic heterocycles. The van der Waals surface area contributed by atoms with Crippen molar-refractivity contribution >= 4 is 0 Å². The van der Waals surface area contributed by atoms with Gasteiger partial charge in [0.05, 0.1) is 6.61 Å². The van der Waals surface area contributed by atoms with Crippen LogP contribution in [0.15, 0.2) is 54.6 Å². The van der Waals surface area contributed by atoms with Gasteiger partial charge in [-0.25, -0.2) is 0 Å². The molecule has 0 aliphatic rings. The average Bonchev–Trinajstić information content (AvgIpc) is 2.51. The first-order chi connectivity index (χ1) is 10.3. The third-order valence-corrected chi connectivity index (χ3v) is 3.43. The van der Waals surface area contributed by atoms with Crippen molar-refractivity contribution in [1.29, 1.82) is 0 Å². The Labute approximate surface area is 127 Å². The van der Waals surface area contributed by atoms with Crippen LogP contribution < -0.4 is 5.73 Å². The van der Waals surface area contributed by atoms with E-state index in [9.17, 15) is 0 Å². The SMILES string of the molecule is COCc1ccc(CN(CCN)Cc2ccccc2)cc1. The van der Waals surface area contributed by atoms with Gasteiger partial charge < -0.3 is 10.5 Å². The first-order valence-electron chi connectivity index (χ1n) is 7.35. The normalized spacial score (nSPS) is 11.0. The Kier molecular flexibility index (Phi) is 6.41. The van der Waals surface area contributed by atoms with E-state index in [4.69, 9.17) is 10.5 Å². The summed E-state index contributed by atoms with van der Waals surface area (Å²) in [6.07, 6.45) is 0. The molecule has 0 aliphatic carbocycles. The molecule has 2 aromatic rings. The van der Waals surface area contributed by atoms with Crippen LogP contribution in [0.2, 0.25) is 0 Å². The van der Waals surface area contributed by atoms with E-state index in [0.29, 0.717) is 13.2 Å². The molecule has 0 saturated heterocycles. The summed E-state index contributed by atoms with van der Waals surface area (Å²) in [5.74, 6) is 0. The monoisotopic (exact) mass is 284 g/mol. The summed E-state index contributed by atoms with van der Waals surface area (Å²) in [7, 11) is 1.72. The Morgan fingerprint density at radius 2 is 1.43 bits per heavy atom. The van der Waals surface area contributed by atoms with Crippen molar-refractivity contribution < 1.29 is 4.74 Å². The Hall–Kier alpha value is -1.68. The summed E-state index contributed by atoms with van der Waals surface area (Å²) in [4.78, 5) is 2.38. The Bertz CT molecular complexity index is 511. The molecule has 112 valence electrons. The lowest BCUT2D eigenvalue weighted by atomic mass is 10.1. The third-order valence-electron chi connectivity index (χ3n) is 3.43. The molecular weight excluding hydrogens is 260 g/mol. The molecule has 0 saturated carbocycles. The zero-order valence-corrected chi connectivity index (χ0v) is 12.7. The van der Waals surface area contributed by atoms with Gasteiger partial charge in [-0.1, -0.05) is 54.6 Å². The molecule has 0 spiro atoms. The van der Waals surface area contributed by atoms with E-state index in [1.54, 1.807) is 7.11 Å². The van der Waals surface area contributed by atoms with Crippen LogP contribution >= 0.6 is 0 Å². The van der Waals surface area contributed by atoms with Crippen molar-refractivity contribution in [3.8, 4) is 0 Å². The summed E-state index contributed by atoms with van der Waals surface area (Å²) >= 11 is 0. The van der Waals surface area contributed by atoms with E-state index in [2.05, 4.69) is 53.4 Å². The Morgan fingerprint density at radius 3 is 2.00 bits per heavy atom. The lowest BCUT2D eigenvalue weighted by Gasteiger charge is -2.22. The second-order valence-electron chi connectivity index (χ2n) is 5.23.